The van der Waals surface area contributed by atoms with Gasteiger partial charge in [0.2, 0.25) is 0 Å². The smallest absolute Gasteiger partial charge is 0.128 e. The minimum atomic E-state index is 0.0567. The molecule has 0 saturated carbocycles. The molecule has 0 aromatic carbocycles. The van der Waals surface area contributed by atoms with Crippen molar-refractivity contribution in [2.24, 2.45) is 0 Å². The number of morpholine rings is 1. The van der Waals surface area contributed by atoms with Crippen LogP contribution in [0.4, 0.5) is 5.82 Å². The number of hydrogen-bond donors (Lipinski definition) is 1. The molecule has 2 heterocycles. The van der Waals surface area contributed by atoms with Crippen molar-refractivity contribution in [1.82, 2.24) is 14.9 Å². The molecule has 1 N–H and O–H groups in total. The van der Waals surface area contributed by atoms with Gasteiger partial charge in [0.25, 0.3) is 0 Å². The fraction of sp³-hybridized carbons (Fsp3) is 0.562. The zero-order valence-corrected chi connectivity index (χ0v) is 26.0. The molecule has 0 bridgehead atoms. The van der Waals surface area contributed by atoms with Crippen molar-refractivity contribution < 1.29 is 14.2 Å². The topological polar surface area (TPSA) is 68.7 Å². The molecule has 7 nitrogen and oxygen atoms in total. The summed E-state index contributed by atoms with van der Waals surface area (Å²) in [5.41, 5.74) is 2.32. The first-order valence-corrected chi connectivity index (χ1v) is 13.9. The molecule has 1 saturated heterocycles. The second kappa shape index (κ2) is 22.1. The van der Waals surface area contributed by atoms with E-state index in [-0.39, 0.29) is 11.6 Å². The molecule has 0 spiro atoms. The Hall–Kier alpha value is -2.74. The molecule has 0 aliphatic carbocycles. The Morgan fingerprint density at radius 2 is 1.95 bits per heavy atom. The molecule has 0 radical (unpaired) electrons. The number of anilines is 1. The Labute approximate surface area is 238 Å². The van der Waals surface area contributed by atoms with Crippen molar-refractivity contribution in [3.63, 3.8) is 0 Å². The molecule has 1 aliphatic heterocycles. The Morgan fingerprint density at radius 3 is 2.51 bits per heavy atom. The second-order valence-electron chi connectivity index (χ2n) is 9.72. The minimum absolute atomic E-state index is 0.0567. The van der Waals surface area contributed by atoms with Crippen LogP contribution in [0.5, 0.6) is 5.75 Å². The molecule has 1 aromatic heterocycles. The first kappa shape index (κ1) is 36.3. The quantitative estimate of drug-likeness (QED) is 0.253. The van der Waals surface area contributed by atoms with E-state index in [2.05, 4.69) is 85.3 Å². The van der Waals surface area contributed by atoms with E-state index in [0.29, 0.717) is 6.61 Å². The van der Waals surface area contributed by atoms with Crippen molar-refractivity contribution in [3.05, 3.63) is 72.7 Å². The lowest BCUT2D eigenvalue weighted by Gasteiger charge is -2.44. The van der Waals surface area contributed by atoms with Crippen molar-refractivity contribution in [2.45, 2.75) is 72.4 Å². The van der Waals surface area contributed by atoms with Gasteiger partial charge in [-0.15, -0.1) is 0 Å². The number of aryl methyl sites for hydroxylation is 1. The maximum Gasteiger partial charge on any atom is 0.128 e. The number of methoxy groups -OCH3 is 1. The van der Waals surface area contributed by atoms with E-state index in [0.717, 1.165) is 56.2 Å². The van der Waals surface area contributed by atoms with E-state index in [9.17, 15) is 0 Å². The largest absolute Gasteiger partial charge is 0.491 e. The highest BCUT2D eigenvalue weighted by Crippen LogP contribution is 2.24. The van der Waals surface area contributed by atoms with Crippen LogP contribution in [0.3, 0.4) is 0 Å². The molecule has 7 heteroatoms. The van der Waals surface area contributed by atoms with Gasteiger partial charge in [0.1, 0.15) is 30.6 Å². The molecule has 220 valence electrons. The third-order valence-electron chi connectivity index (χ3n) is 6.31. The molecule has 2 rings (SSSR count). The summed E-state index contributed by atoms with van der Waals surface area (Å²) in [4.78, 5) is 11.1. The van der Waals surface area contributed by atoms with Crippen LogP contribution in [0.1, 0.15) is 59.6 Å². The third kappa shape index (κ3) is 16.7. The van der Waals surface area contributed by atoms with Crippen LogP contribution >= 0.6 is 0 Å². The van der Waals surface area contributed by atoms with Gasteiger partial charge in [0, 0.05) is 44.6 Å². The Kier molecular flexibility index (Phi) is 20.6. The van der Waals surface area contributed by atoms with E-state index < -0.39 is 0 Å². The van der Waals surface area contributed by atoms with Gasteiger partial charge in [0.15, 0.2) is 0 Å². The number of likely N-dealkylation sites (N-methyl/N-ethyl adjacent to an activating group) is 1. The lowest BCUT2D eigenvalue weighted by atomic mass is 9.96. The van der Waals surface area contributed by atoms with Crippen molar-refractivity contribution in [3.8, 4) is 5.75 Å². The van der Waals surface area contributed by atoms with Crippen LogP contribution in [0.25, 0.3) is 0 Å². The Bertz CT molecular complexity index is 918. The Morgan fingerprint density at radius 1 is 1.23 bits per heavy atom. The van der Waals surface area contributed by atoms with Gasteiger partial charge >= 0.3 is 0 Å². The van der Waals surface area contributed by atoms with Crippen LogP contribution in [0.2, 0.25) is 0 Å². The summed E-state index contributed by atoms with van der Waals surface area (Å²) in [5, 5.41) is 3.27. The highest BCUT2D eigenvalue weighted by molar-refractivity contribution is 5.33. The van der Waals surface area contributed by atoms with E-state index in [1.165, 1.54) is 5.57 Å². The van der Waals surface area contributed by atoms with Gasteiger partial charge in [-0.2, -0.15) is 0 Å². The van der Waals surface area contributed by atoms with Crippen LogP contribution in [0, 0.1) is 6.92 Å². The van der Waals surface area contributed by atoms with Crippen LogP contribution in [-0.2, 0) is 9.47 Å². The lowest BCUT2D eigenvalue weighted by Crippen LogP contribution is -2.56. The van der Waals surface area contributed by atoms with Gasteiger partial charge in [-0.3, -0.25) is 4.90 Å². The molecule has 1 fully saturated rings. The minimum Gasteiger partial charge on any atom is -0.491 e. The molecule has 1 aromatic rings. The van der Waals surface area contributed by atoms with Crippen molar-refractivity contribution in [2.75, 3.05) is 52.9 Å². The van der Waals surface area contributed by atoms with E-state index in [1.807, 2.05) is 43.3 Å². The summed E-state index contributed by atoms with van der Waals surface area (Å²) in [6.07, 6.45) is 12.9. The fourth-order valence-corrected chi connectivity index (χ4v) is 3.33. The average Bonchev–Trinajstić information content (AvgIpc) is 2.92. The summed E-state index contributed by atoms with van der Waals surface area (Å²) < 4.78 is 16.4. The third-order valence-corrected chi connectivity index (χ3v) is 6.31. The number of hydrogen-bond acceptors (Lipinski definition) is 7. The summed E-state index contributed by atoms with van der Waals surface area (Å²) in [6.45, 7) is 19.1. The molecular formula is C32H54N4O3. The van der Waals surface area contributed by atoms with Crippen molar-refractivity contribution >= 4 is 5.82 Å². The summed E-state index contributed by atoms with van der Waals surface area (Å²) in [6, 6.07) is 7.71. The highest BCUT2D eigenvalue weighted by Gasteiger charge is 2.35. The van der Waals surface area contributed by atoms with E-state index >= 15 is 0 Å². The van der Waals surface area contributed by atoms with Crippen LogP contribution in [0.15, 0.2) is 67.0 Å². The number of ether oxygens (including phenoxy) is 3. The number of allylic oxidation sites excluding steroid dienone is 4. The number of rotatable bonds is 10. The molecule has 1 aliphatic rings. The lowest BCUT2D eigenvalue weighted by molar-refractivity contribution is -0.108. The van der Waals surface area contributed by atoms with Gasteiger partial charge < -0.3 is 19.5 Å². The standard InChI is InChI=1S/C23H36N4O2.C7H12.C2H6O/c1-6-8-9-13-24-22-12-10-11-20(14-19(3)25-18-26-22)28-16-21-15-27(5)23(4,7-2)17-29-21;1-4-6-7(3)5-2;1-3-2/h8-12,14,18,21H,6-7,13,15-17H2,1-5H3,(H,24,25,26);4,6H,1,5H2,2-3H3;1-2H3/b9-8+;7-6+;. The number of aromatic nitrogens is 2. The first-order chi connectivity index (χ1) is 18.7. The molecule has 39 heavy (non-hydrogen) atoms. The van der Waals surface area contributed by atoms with Gasteiger partial charge in [0.05, 0.1) is 6.61 Å². The zero-order valence-electron chi connectivity index (χ0n) is 26.0. The fourth-order valence-electron chi connectivity index (χ4n) is 3.33. The number of nitrogens with one attached hydrogen (secondary N) is 1. The van der Waals surface area contributed by atoms with E-state index in [1.54, 1.807) is 20.5 Å². The van der Waals surface area contributed by atoms with Crippen LogP contribution in [-0.4, -0.2) is 74.1 Å². The van der Waals surface area contributed by atoms with Gasteiger partial charge in [-0.1, -0.05) is 63.3 Å². The number of nitrogens with zero attached hydrogens (tertiary/aromatic N) is 3. The molecule has 2 atom stereocenters. The SMILES string of the molecule is C=C/C=C(\C)CC.CC/C=C/CNc1cccc(OCC2CN(C)C(C)(CC)CO2)cc(C)ncn1.COC. The normalized spacial score (nSPS) is 19.1. The summed E-state index contributed by atoms with van der Waals surface area (Å²) in [7, 11) is 5.41. The maximum atomic E-state index is 6.06. The maximum absolute atomic E-state index is 6.06. The molecular weight excluding hydrogens is 488 g/mol. The van der Waals surface area contributed by atoms with Crippen molar-refractivity contribution in [1.29, 1.82) is 0 Å². The van der Waals surface area contributed by atoms with Gasteiger partial charge in [-0.25, -0.2) is 9.97 Å². The second-order valence-corrected chi connectivity index (χ2v) is 9.72. The predicted molar refractivity (Wildman–Crippen MR) is 166 cm³/mol. The van der Waals surface area contributed by atoms with Gasteiger partial charge in [-0.05, 0) is 59.2 Å². The van der Waals surface area contributed by atoms with E-state index in [4.69, 9.17) is 9.47 Å². The first-order valence-electron chi connectivity index (χ1n) is 13.9. The Balaban J connectivity index is 0.00000123. The monoisotopic (exact) mass is 542 g/mol. The highest BCUT2D eigenvalue weighted by atomic mass is 16.5. The summed E-state index contributed by atoms with van der Waals surface area (Å²) in [5.74, 6) is 1.52. The van der Waals surface area contributed by atoms with Crippen LogP contribution < -0.4 is 10.1 Å². The molecule has 2 unspecified atom stereocenters. The predicted octanol–water partition coefficient (Wildman–Crippen LogP) is 6.96. The molecule has 0 amide bonds. The average molecular weight is 543 g/mol. The zero-order chi connectivity index (χ0) is 29.5. The summed E-state index contributed by atoms with van der Waals surface area (Å²) >= 11 is 0.